The molecule has 2 amide bonds. The van der Waals surface area contributed by atoms with Gasteiger partial charge >= 0.3 is 5.97 Å². The molecule has 2 unspecified atom stereocenters. The van der Waals surface area contributed by atoms with Gasteiger partial charge < -0.3 is 15.4 Å². The van der Waals surface area contributed by atoms with E-state index in [0.717, 1.165) is 0 Å². The van der Waals surface area contributed by atoms with Crippen molar-refractivity contribution < 1.29 is 19.1 Å². The third kappa shape index (κ3) is 3.74. The summed E-state index contributed by atoms with van der Waals surface area (Å²) in [5.74, 6) is -2.08. The van der Waals surface area contributed by atoms with E-state index in [1.807, 2.05) is 20.8 Å². The minimum atomic E-state index is -0.868. The summed E-state index contributed by atoms with van der Waals surface area (Å²) >= 11 is 0. The van der Waals surface area contributed by atoms with Crippen molar-refractivity contribution in [3.8, 4) is 0 Å². The number of amides is 2. The van der Waals surface area contributed by atoms with Crippen LogP contribution in [0.3, 0.4) is 0 Å². The van der Waals surface area contributed by atoms with E-state index < -0.39 is 28.6 Å². The van der Waals surface area contributed by atoms with E-state index in [9.17, 15) is 14.4 Å². The van der Waals surface area contributed by atoms with E-state index in [4.69, 9.17) is 10.5 Å². The maximum atomic E-state index is 12.7. The second-order valence-corrected chi connectivity index (χ2v) is 6.99. The van der Waals surface area contributed by atoms with Gasteiger partial charge in [-0.1, -0.05) is 20.8 Å². The highest BCUT2D eigenvalue weighted by atomic mass is 16.5. The molecule has 1 heterocycles. The van der Waals surface area contributed by atoms with Crippen molar-refractivity contribution in [1.82, 2.24) is 4.90 Å². The Kier molecular flexibility index (Phi) is 5.02. The molecule has 0 aromatic rings. The topological polar surface area (TPSA) is 89.7 Å². The molecule has 6 heteroatoms. The van der Waals surface area contributed by atoms with Gasteiger partial charge in [-0.3, -0.25) is 14.4 Å². The molecule has 0 radical (unpaired) electrons. The number of likely N-dealkylation sites (tertiary alicyclic amines) is 1. The van der Waals surface area contributed by atoms with Crippen LogP contribution in [0.4, 0.5) is 0 Å². The zero-order valence-electron chi connectivity index (χ0n) is 13.6. The first kappa shape index (κ1) is 17.5. The van der Waals surface area contributed by atoms with Crippen molar-refractivity contribution in [2.45, 2.75) is 41.0 Å². The first-order chi connectivity index (χ1) is 9.53. The Morgan fingerprint density at radius 2 is 1.90 bits per heavy atom. The van der Waals surface area contributed by atoms with Crippen LogP contribution >= 0.6 is 0 Å². The van der Waals surface area contributed by atoms with Gasteiger partial charge in [-0.05, 0) is 25.7 Å². The molecule has 120 valence electrons. The predicted molar refractivity (Wildman–Crippen MR) is 78.1 cm³/mol. The second-order valence-electron chi connectivity index (χ2n) is 6.99. The average Bonchev–Trinajstić information content (AvgIpc) is 2.72. The molecule has 0 spiro atoms. The van der Waals surface area contributed by atoms with E-state index in [-0.39, 0.29) is 19.1 Å². The number of carbonyl (C=O) groups excluding carboxylic acids is 3. The lowest BCUT2D eigenvalue weighted by Gasteiger charge is -2.31. The fourth-order valence-electron chi connectivity index (χ4n) is 2.58. The van der Waals surface area contributed by atoms with E-state index in [0.29, 0.717) is 13.0 Å². The molecule has 21 heavy (non-hydrogen) atoms. The van der Waals surface area contributed by atoms with Crippen molar-refractivity contribution in [3.63, 3.8) is 0 Å². The number of carbonyl (C=O) groups is 3. The lowest BCUT2D eigenvalue weighted by atomic mass is 9.79. The summed E-state index contributed by atoms with van der Waals surface area (Å²) in [5, 5.41) is 0. The van der Waals surface area contributed by atoms with Crippen molar-refractivity contribution in [3.05, 3.63) is 0 Å². The van der Waals surface area contributed by atoms with Crippen LogP contribution in [0, 0.1) is 16.7 Å². The van der Waals surface area contributed by atoms with Crippen molar-refractivity contribution >= 4 is 17.8 Å². The molecule has 1 aliphatic heterocycles. The van der Waals surface area contributed by atoms with Gasteiger partial charge in [0.2, 0.25) is 11.8 Å². The smallest absolute Gasteiger partial charge is 0.319 e. The fraction of sp³-hybridized carbons (Fsp3) is 0.800. The van der Waals surface area contributed by atoms with E-state index >= 15 is 0 Å². The van der Waals surface area contributed by atoms with Crippen LogP contribution < -0.4 is 5.73 Å². The molecule has 0 aromatic heterocycles. The third-order valence-corrected chi connectivity index (χ3v) is 4.02. The number of esters is 1. The Labute approximate surface area is 126 Å². The first-order valence-electron chi connectivity index (χ1n) is 7.28. The van der Waals surface area contributed by atoms with Gasteiger partial charge in [0.05, 0.1) is 12.0 Å². The number of rotatable bonds is 4. The summed E-state index contributed by atoms with van der Waals surface area (Å²) in [6, 6.07) is 0. The summed E-state index contributed by atoms with van der Waals surface area (Å²) in [4.78, 5) is 37.9. The lowest BCUT2D eigenvalue weighted by Crippen LogP contribution is -2.46. The van der Waals surface area contributed by atoms with Crippen LogP contribution in [0.2, 0.25) is 0 Å². The summed E-state index contributed by atoms with van der Waals surface area (Å²) in [6.45, 7) is 9.87. The molecule has 2 atom stereocenters. The molecule has 1 aliphatic rings. The number of nitrogens with zero attached hydrogens (tertiary/aromatic N) is 1. The monoisotopic (exact) mass is 298 g/mol. The molecule has 1 fully saturated rings. The zero-order chi connectivity index (χ0) is 16.4. The highest BCUT2D eigenvalue weighted by molar-refractivity contribution is 5.99. The number of ether oxygens (including phenoxy) is 1. The molecule has 0 aromatic carbocycles. The highest BCUT2D eigenvalue weighted by Gasteiger charge is 2.46. The Bertz CT molecular complexity index is 441. The molecule has 0 aliphatic carbocycles. The van der Waals surface area contributed by atoms with Crippen molar-refractivity contribution in [2.24, 2.45) is 22.5 Å². The Balaban J connectivity index is 2.93. The highest BCUT2D eigenvalue weighted by Crippen LogP contribution is 2.34. The Morgan fingerprint density at radius 3 is 2.29 bits per heavy atom. The van der Waals surface area contributed by atoms with Gasteiger partial charge in [0.25, 0.3) is 0 Å². The number of nitrogens with two attached hydrogens (primary N) is 1. The van der Waals surface area contributed by atoms with E-state index in [1.165, 1.54) is 0 Å². The average molecular weight is 298 g/mol. The number of primary amides is 1. The van der Waals surface area contributed by atoms with Gasteiger partial charge in [0.1, 0.15) is 5.92 Å². The maximum absolute atomic E-state index is 12.7. The van der Waals surface area contributed by atoms with Crippen LogP contribution in [0.25, 0.3) is 0 Å². The summed E-state index contributed by atoms with van der Waals surface area (Å²) < 4.78 is 5.03. The molecule has 0 bridgehead atoms. The third-order valence-electron chi connectivity index (χ3n) is 4.02. The maximum Gasteiger partial charge on any atom is 0.319 e. The number of hydrogen-bond acceptors (Lipinski definition) is 4. The quantitative estimate of drug-likeness (QED) is 0.617. The lowest BCUT2D eigenvalue weighted by molar-refractivity contribution is -0.160. The van der Waals surface area contributed by atoms with Crippen LogP contribution in [-0.4, -0.2) is 42.4 Å². The van der Waals surface area contributed by atoms with E-state index in [2.05, 4.69) is 0 Å². The van der Waals surface area contributed by atoms with Crippen LogP contribution in [0.5, 0.6) is 0 Å². The first-order valence-corrected chi connectivity index (χ1v) is 7.28. The molecule has 2 N–H and O–H groups in total. The largest absolute Gasteiger partial charge is 0.465 e. The summed E-state index contributed by atoms with van der Waals surface area (Å²) in [5.41, 5.74) is 4.13. The minimum Gasteiger partial charge on any atom is -0.465 e. The van der Waals surface area contributed by atoms with Crippen LogP contribution in [0.15, 0.2) is 0 Å². The molecular formula is C15H26N2O4. The SMILES string of the molecule is CCOC(=O)C(C(=O)N1CCC(C)(C(N)=O)C1)C(C)(C)C. The van der Waals surface area contributed by atoms with Crippen molar-refractivity contribution in [2.75, 3.05) is 19.7 Å². The fourth-order valence-corrected chi connectivity index (χ4v) is 2.58. The van der Waals surface area contributed by atoms with Gasteiger partial charge in [0.15, 0.2) is 0 Å². The van der Waals surface area contributed by atoms with Gasteiger partial charge in [-0.2, -0.15) is 0 Å². The van der Waals surface area contributed by atoms with Crippen LogP contribution in [-0.2, 0) is 19.1 Å². The molecule has 1 rings (SSSR count). The van der Waals surface area contributed by atoms with Crippen molar-refractivity contribution in [1.29, 1.82) is 0 Å². The van der Waals surface area contributed by atoms with Gasteiger partial charge in [-0.15, -0.1) is 0 Å². The molecule has 0 saturated carbocycles. The second kappa shape index (κ2) is 6.03. The number of hydrogen-bond donors (Lipinski definition) is 1. The van der Waals surface area contributed by atoms with Gasteiger partial charge in [0, 0.05) is 13.1 Å². The Hall–Kier alpha value is -1.59. The predicted octanol–water partition coefficient (Wildman–Crippen LogP) is 0.936. The zero-order valence-corrected chi connectivity index (χ0v) is 13.6. The van der Waals surface area contributed by atoms with E-state index in [1.54, 1.807) is 18.7 Å². The summed E-state index contributed by atoms with van der Waals surface area (Å²) in [7, 11) is 0. The molecule has 1 saturated heterocycles. The van der Waals surface area contributed by atoms with Gasteiger partial charge in [-0.25, -0.2) is 0 Å². The molecular weight excluding hydrogens is 272 g/mol. The minimum absolute atomic E-state index is 0.234. The standard InChI is InChI=1S/C15H26N2O4/c1-6-21-12(19)10(14(2,3)4)11(18)17-8-7-15(5,9-17)13(16)20/h10H,6-9H2,1-5H3,(H2,16,20). The summed E-state index contributed by atoms with van der Waals surface area (Å²) in [6.07, 6.45) is 0.522. The Morgan fingerprint density at radius 1 is 1.33 bits per heavy atom. The normalized spacial score (nSPS) is 23.8. The molecule has 6 nitrogen and oxygen atoms in total. The van der Waals surface area contributed by atoms with Crippen LogP contribution in [0.1, 0.15) is 41.0 Å².